The highest BCUT2D eigenvalue weighted by Gasteiger charge is 2.35. The summed E-state index contributed by atoms with van der Waals surface area (Å²) in [6.07, 6.45) is 1.29. The molecule has 1 aliphatic heterocycles. The first-order valence-corrected chi connectivity index (χ1v) is 8.91. The van der Waals surface area contributed by atoms with Gasteiger partial charge in [0.1, 0.15) is 11.4 Å². The van der Waals surface area contributed by atoms with Crippen molar-refractivity contribution in [3.63, 3.8) is 0 Å². The van der Waals surface area contributed by atoms with E-state index in [1.54, 1.807) is 0 Å². The molecule has 1 heterocycles. The first-order chi connectivity index (χ1) is 14.3. The highest BCUT2D eigenvalue weighted by atomic mass is 32.1. The molecular weight excluding hydrogens is 415 g/mol. The molecule has 2 aromatic rings. The number of ether oxygens (including phenoxy) is 2. The van der Waals surface area contributed by atoms with Gasteiger partial charge < -0.3 is 14.6 Å². The summed E-state index contributed by atoms with van der Waals surface area (Å²) in [4.78, 5) is 36.8. The number of carboxylic acids is 1. The summed E-state index contributed by atoms with van der Waals surface area (Å²) >= 11 is 5.04. The van der Waals surface area contributed by atoms with Gasteiger partial charge in [0.2, 0.25) is 0 Å². The number of carbonyl (C=O) groups excluding carboxylic acids is 2. The zero-order valence-corrected chi connectivity index (χ0v) is 16.4. The average molecular weight is 430 g/mol. The molecule has 0 aliphatic carbocycles. The fourth-order valence-electron chi connectivity index (χ4n) is 2.71. The molecule has 0 saturated carbocycles. The normalized spacial score (nSPS) is 15.2. The summed E-state index contributed by atoms with van der Waals surface area (Å²) in [6, 6.07) is 9.95. The first-order valence-electron chi connectivity index (χ1n) is 8.50. The van der Waals surface area contributed by atoms with E-state index in [1.807, 2.05) is 0 Å². The second-order valence-electron chi connectivity index (χ2n) is 6.00. The van der Waals surface area contributed by atoms with Crippen molar-refractivity contribution in [1.82, 2.24) is 5.32 Å². The Kier molecular flexibility index (Phi) is 6.07. The van der Waals surface area contributed by atoms with Gasteiger partial charge in [-0.05, 0) is 48.1 Å². The highest BCUT2D eigenvalue weighted by Crippen LogP contribution is 2.30. The van der Waals surface area contributed by atoms with Crippen molar-refractivity contribution in [2.75, 3.05) is 18.6 Å². The fourth-order valence-corrected chi connectivity index (χ4v) is 2.98. The molecular formula is C20H15FN2O6S. The number of nitrogens with one attached hydrogen (secondary N) is 1. The molecule has 2 aromatic carbocycles. The third-order valence-corrected chi connectivity index (χ3v) is 4.33. The Balaban J connectivity index is 1.96. The third-order valence-electron chi connectivity index (χ3n) is 4.04. The fraction of sp³-hybridized carbons (Fsp3) is 0.100. The Labute approximate surface area is 175 Å². The molecule has 2 N–H and O–H groups in total. The largest absolute Gasteiger partial charge is 0.493 e. The Morgan fingerprint density at radius 2 is 1.97 bits per heavy atom. The lowest BCUT2D eigenvalue weighted by Crippen LogP contribution is -2.54. The number of anilines is 1. The zero-order valence-electron chi connectivity index (χ0n) is 15.5. The smallest absolute Gasteiger partial charge is 0.341 e. The minimum absolute atomic E-state index is 0.0894. The Hall–Kier alpha value is -3.79. The molecule has 0 spiro atoms. The third kappa shape index (κ3) is 4.28. The van der Waals surface area contributed by atoms with Crippen LogP contribution in [0.15, 0.2) is 48.0 Å². The van der Waals surface area contributed by atoms with Crippen LogP contribution >= 0.6 is 12.2 Å². The molecule has 10 heteroatoms. The molecule has 8 nitrogen and oxygen atoms in total. The molecule has 2 amide bonds. The number of carbonyl (C=O) groups is 3. The van der Waals surface area contributed by atoms with E-state index in [9.17, 15) is 18.8 Å². The number of benzene rings is 2. The van der Waals surface area contributed by atoms with Crippen LogP contribution in [0, 0.1) is 5.82 Å². The van der Waals surface area contributed by atoms with Crippen molar-refractivity contribution in [2.24, 2.45) is 0 Å². The van der Waals surface area contributed by atoms with Gasteiger partial charge in [-0.1, -0.05) is 18.2 Å². The summed E-state index contributed by atoms with van der Waals surface area (Å²) in [7, 11) is 1.36. The maximum absolute atomic E-state index is 14.2. The predicted molar refractivity (Wildman–Crippen MR) is 109 cm³/mol. The van der Waals surface area contributed by atoms with Gasteiger partial charge in [-0.25, -0.2) is 14.1 Å². The van der Waals surface area contributed by atoms with Crippen LogP contribution in [0.5, 0.6) is 11.5 Å². The molecule has 30 heavy (non-hydrogen) atoms. The van der Waals surface area contributed by atoms with E-state index >= 15 is 0 Å². The molecule has 0 unspecified atom stereocenters. The molecule has 0 bridgehead atoms. The van der Waals surface area contributed by atoms with Crippen LogP contribution in [0.2, 0.25) is 0 Å². The summed E-state index contributed by atoms with van der Waals surface area (Å²) in [5.41, 5.74) is 0.0378. The van der Waals surface area contributed by atoms with Crippen LogP contribution in [-0.2, 0) is 14.4 Å². The molecule has 3 rings (SSSR count). The van der Waals surface area contributed by atoms with Gasteiger partial charge >= 0.3 is 5.97 Å². The number of amides is 2. The lowest BCUT2D eigenvalue weighted by molar-refractivity contribution is -0.139. The van der Waals surface area contributed by atoms with E-state index in [4.69, 9.17) is 26.8 Å². The van der Waals surface area contributed by atoms with E-state index in [2.05, 4.69) is 5.32 Å². The molecule has 0 radical (unpaired) electrons. The van der Waals surface area contributed by atoms with Crippen molar-refractivity contribution < 1.29 is 33.4 Å². The van der Waals surface area contributed by atoms with E-state index in [1.165, 1.54) is 55.7 Å². The number of nitrogens with zero attached hydrogens (tertiary/aromatic N) is 1. The van der Waals surface area contributed by atoms with E-state index in [-0.39, 0.29) is 27.9 Å². The van der Waals surface area contributed by atoms with E-state index in [0.29, 0.717) is 5.56 Å². The number of hydrogen-bond acceptors (Lipinski definition) is 6. The number of para-hydroxylation sites is 1. The topological polar surface area (TPSA) is 105 Å². The SMILES string of the molecule is COc1cc(/C=C2\C(=O)NC(=S)N(c3ccccc3F)C2=O)ccc1OCC(=O)O. The quantitative estimate of drug-likeness (QED) is 0.411. The van der Waals surface area contributed by atoms with E-state index < -0.39 is 30.2 Å². The molecule has 0 aromatic heterocycles. The second-order valence-corrected chi connectivity index (χ2v) is 6.39. The second kappa shape index (κ2) is 8.70. The Morgan fingerprint density at radius 1 is 1.23 bits per heavy atom. The standard InChI is InChI=1S/C20H15FN2O6S/c1-28-16-9-11(6-7-15(16)29-10-17(24)25)8-12-18(26)22-20(30)23(19(12)27)14-5-3-2-4-13(14)21/h2-9H,10H2,1H3,(H,24,25)(H,22,26,30)/b12-8+. The average Bonchev–Trinajstić information content (AvgIpc) is 2.71. The van der Waals surface area contributed by atoms with Crippen molar-refractivity contribution in [3.05, 3.63) is 59.4 Å². The number of thiocarbonyl (C=S) groups is 1. The van der Waals surface area contributed by atoms with Gasteiger partial charge in [0.05, 0.1) is 12.8 Å². The number of hydrogen-bond donors (Lipinski definition) is 2. The van der Waals surface area contributed by atoms with Crippen molar-refractivity contribution in [1.29, 1.82) is 0 Å². The molecule has 1 saturated heterocycles. The van der Waals surface area contributed by atoms with Gasteiger partial charge in [-0.15, -0.1) is 0 Å². The number of aliphatic carboxylic acids is 1. The molecule has 1 fully saturated rings. The maximum Gasteiger partial charge on any atom is 0.341 e. The van der Waals surface area contributed by atoms with Crippen molar-refractivity contribution in [3.8, 4) is 11.5 Å². The number of rotatable bonds is 6. The van der Waals surface area contributed by atoms with Gasteiger partial charge in [0, 0.05) is 0 Å². The van der Waals surface area contributed by atoms with Crippen molar-refractivity contribution >= 4 is 46.9 Å². The van der Waals surface area contributed by atoms with Crippen molar-refractivity contribution in [2.45, 2.75) is 0 Å². The minimum atomic E-state index is -1.16. The van der Waals surface area contributed by atoms with Crippen LogP contribution in [0.3, 0.4) is 0 Å². The van der Waals surface area contributed by atoms with E-state index in [0.717, 1.165) is 4.90 Å². The molecule has 1 aliphatic rings. The van der Waals surface area contributed by atoms with Gasteiger partial charge in [-0.2, -0.15) is 0 Å². The number of carboxylic acid groups (broad SMARTS) is 1. The number of methoxy groups -OCH3 is 1. The van der Waals surface area contributed by atoms with Crippen LogP contribution in [0.25, 0.3) is 6.08 Å². The number of halogens is 1. The highest BCUT2D eigenvalue weighted by molar-refractivity contribution is 7.80. The Bertz CT molecular complexity index is 1080. The van der Waals surface area contributed by atoms with Crippen LogP contribution < -0.4 is 19.7 Å². The monoisotopic (exact) mass is 430 g/mol. The van der Waals surface area contributed by atoms with Crippen LogP contribution in [-0.4, -0.2) is 41.7 Å². The Morgan fingerprint density at radius 3 is 2.63 bits per heavy atom. The molecule has 154 valence electrons. The minimum Gasteiger partial charge on any atom is -0.493 e. The van der Waals surface area contributed by atoms with Gasteiger partial charge in [0.25, 0.3) is 11.8 Å². The summed E-state index contributed by atoms with van der Waals surface area (Å²) in [5.74, 6) is -2.98. The summed E-state index contributed by atoms with van der Waals surface area (Å²) in [5, 5.41) is 10.9. The first kappa shape index (κ1) is 20.9. The zero-order chi connectivity index (χ0) is 21.8. The van der Waals surface area contributed by atoms with Crippen LogP contribution in [0.1, 0.15) is 5.56 Å². The van der Waals surface area contributed by atoms with Gasteiger partial charge in [0.15, 0.2) is 23.2 Å². The molecule has 0 atom stereocenters. The van der Waals surface area contributed by atoms with Crippen LogP contribution in [0.4, 0.5) is 10.1 Å². The summed E-state index contributed by atoms with van der Waals surface area (Å²) in [6.45, 7) is -0.563. The van der Waals surface area contributed by atoms with Gasteiger partial charge in [-0.3, -0.25) is 14.9 Å². The maximum atomic E-state index is 14.2. The lowest BCUT2D eigenvalue weighted by atomic mass is 10.1. The summed E-state index contributed by atoms with van der Waals surface area (Å²) < 4.78 is 24.5. The predicted octanol–water partition coefficient (Wildman–Crippen LogP) is 2.13. The lowest BCUT2D eigenvalue weighted by Gasteiger charge is -2.29.